The van der Waals surface area contributed by atoms with E-state index in [2.05, 4.69) is 17.7 Å². The molecule has 1 fully saturated rings. The summed E-state index contributed by atoms with van der Waals surface area (Å²) < 4.78 is 4.28. The highest BCUT2D eigenvalue weighted by molar-refractivity contribution is 6.09. The summed E-state index contributed by atoms with van der Waals surface area (Å²) in [4.78, 5) is 21.7. The highest BCUT2D eigenvalue weighted by Crippen LogP contribution is 2.19. The third-order valence-electron chi connectivity index (χ3n) is 3.28. The maximum Gasteiger partial charge on any atom is 0.328 e. The first-order chi connectivity index (χ1) is 8.75. The molecular weight excluding hydrogens is 228 g/mol. The lowest BCUT2D eigenvalue weighted by molar-refractivity contribution is -0.183. The number of carbonyl (C=O) groups is 2. The van der Waals surface area contributed by atoms with Gasteiger partial charge in [-0.15, -0.1) is 0 Å². The zero-order valence-corrected chi connectivity index (χ0v) is 11.3. The number of cyclic esters (lactones) is 2. The molecule has 0 radical (unpaired) electrons. The van der Waals surface area contributed by atoms with Crippen LogP contribution in [0.2, 0.25) is 0 Å². The molecule has 0 spiro atoms. The van der Waals surface area contributed by atoms with Crippen LogP contribution >= 0.6 is 0 Å². The van der Waals surface area contributed by atoms with Crippen molar-refractivity contribution < 1.29 is 14.3 Å². The molecule has 3 heteroatoms. The van der Waals surface area contributed by atoms with Crippen molar-refractivity contribution in [3.05, 3.63) is 12.2 Å². The van der Waals surface area contributed by atoms with Crippen LogP contribution in [0.5, 0.6) is 0 Å². The Morgan fingerprint density at radius 2 is 1.56 bits per heavy atom. The van der Waals surface area contributed by atoms with Crippen LogP contribution in [0.1, 0.15) is 64.7 Å². The van der Waals surface area contributed by atoms with Gasteiger partial charge in [0.25, 0.3) is 0 Å². The van der Waals surface area contributed by atoms with Crippen molar-refractivity contribution in [1.29, 1.82) is 0 Å². The van der Waals surface area contributed by atoms with Gasteiger partial charge in [-0.05, 0) is 19.3 Å². The second-order valence-corrected chi connectivity index (χ2v) is 4.91. The Hall–Kier alpha value is -1.12. The van der Waals surface area contributed by atoms with Crippen LogP contribution in [0.25, 0.3) is 0 Å². The van der Waals surface area contributed by atoms with E-state index < -0.39 is 5.92 Å². The van der Waals surface area contributed by atoms with Gasteiger partial charge in [0, 0.05) is 0 Å². The molecule has 0 bridgehead atoms. The van der Waals surface area contributed by atoms with E-state index in [1.165, 1.54) is 44.9 Å². The first-order valence-electron chi connectivity index (χ1n) is 7.16. The standard InChI is InChI=1S/C15H24O3/c1-2-3-4-5-6-7-8-9-10-11-12-13-14(16)18-15(13)17/h10-11,13H,2-9,12H2,1H3/b11-10+. The molecule has 1 aliphatic rings. The molecule has 1 saturated heterocycles. The molecule has 3 nitrogen and oxygen atoms in total. The minimum atomic E-state index is -0.518. The van der Waals surface area contributed by atoms with Crippen molar-refractivity contribution in [3.63, 3.8) is 0 Å². The van der Waals surface area contributed by atoms with Crippen molar-refractivity contribution in [2.75, 3.05) is 0 Å². The fourth-order valence-corrected chi connectivity index (χ4v) is 2.04. The van der Waals surface area contributed by atoms with E-state index in [9.17, 15) is 9.59 Å². The molecule has 0 atom stereocenters. The molecule has 0 aliphatic carbocycles. The molecule has 0 aromatic heterocycles. The second kappa shape index (κ2) is 8.90. The summed E-state index contributed by atoms with van der Waals surface area (Å²) in [5, 5.41) is 0. The summed E-state index contributed by atoms with van der Waals surface area (Å²) in [6.45, 7) is 2.23. The van der Waals surface area contributed by atoms with Crippen LogP contribution in [-0.2, 0) is 14.3 Å². The predicted molar refractivity (Wildman–Crippen MR) is 71.0 cm³/mol. The number of unbranched alkanes of at least 4 members (excludes halogenated alkanes) is 7. The Morgan fingerprint density at radius 1 is 0.944 bits per heavy atom. The molecule has 0 amide bonds. The van der Waals surface area contributed by atoms with E-state index in [4.69, 9.17) is 0 Å². The summed E-state index contributed by atoms with van der Waals surface area (Å²) in [7, 11) is 0. The van der Waals surface area contributed by atoms with Gasteiger partial charge in [-0.2, -0.15) is 0 Å². The third-order valence-corrected chi connectivity index (χ3v) is 3.28. The molecule has 0 unspecified atom stereocenters. The van der Waals surface area contributed by atoms with Gasteiger partial charge in [-0.1, -0.05) is 57.6 Å². The van der Waals surface area contributed by atoms with E-state index in [1.807, 2.05) is 6.08 Å². The molecular formula is C15H24O3. The molecule has 0 N–H and O–H groups in total. The predicted octanol–water partition coefficient (Wildman–Crippen LogP) is 3.77. The monoisotopic (exact) mass is 252 g/mol. The quantitative estimate of drug-likeness (QED) is 0.257. The van der Waals surface area contributed by atoms with E-state index in [0.717, 1.165) is 6.42 Å². The van der Waals surface area contributed by atoms with Crippen LogP contribution in [0.3, 0.4) is 0 Å². The number of allylic oxidation sites excluding steroid dienone is 2. The van der Waals surface area contributed by atoms with Crippen LogP contribution < -0.4 is 0 Å². The Bertz CT molecular complexity index is 280. The van der Waals surface area contributed by atoms with Gasteiger partial charge in [0.15, 0.2) is 5.92 Å². The second-order valence-electron chi connectivity index (χ2n) is 4.91. The zero-order chi connectivity index (χ0) is 13.2. The van der Waals surface area contributed by atoms with Crippen LogP contribution in [0, 0.1) is 5.92 Å². The normalized spacial score (nSPS) is 16.1. The lowest BCUT2D eigenvalue weighted by Gasteiger charge is -2.19. The molecule has 1 heterocycles. The average Bonchev–Trinajstić information content (AvgIpc) is 2.36. The van der Waals surface area contributed by atoms with Gasteiger partial charge in [0.2, 0.25) is 0 Å². The van der Waals surface area contributed by atoms with Crippen molar-refractivity contribution in [2.24, 2.45) is 5.92 Å². The fourth-order valence-electron chi connectivity index (χ4n) is 2.04. The zero-order valence-electron chi connectivity index (χ0n) is 11.3. The fraction of sp³-hybridized carbons (Fsp3) is 0.733. The molecule has 0 aromatic rings. The molecule has 1 aliphatic heterocycles. The Labute approximate surface area is 110 Å². The van der Waals surface area contributed by atoms with E-state index in [1.54, 1.807) is 0 Å². The maximum atomic E-state index is 10.9. The number of hydrogen-bond acceptors (Lipinski definition) is 3. The van der Waals surface area contributed by atoms with Gasteiger partial charge in [0.1, 0.15) is 0 Å². The van der Waals surface area contributed by atoms with Crippen LogP contribution in [-0.4, -0.2) is 11.9 Å². The first kappa shape index (κ1) is 14.9. The van der Waals surface area contributed by atoms with Crippen molar-refractivity contribution in [1.82, 2.24) is 0 Å². The average molecular weight is 252 g/mol. The molecule has 0 saturated carbocycles. The van der Waals surface area contributed by atoms with Crippen LogP contribution in [0.15, 0.2) is 12.2 Å². The largest absolute Gasteiger partial charge is 0.392 e. The van der Waals surface area contributed by atoms with Gasteiger partial charge in [0.05, 0.1) is 0 Å². The SMILES string of the molecule is CCCCCCCCC/C=C/CC1C(=O)OC1=O. The smallest absolute Gasteiger partial charge is 0.328 e. The van der Waals surface area contributed by atoms with Crippen molar-refractivity contribution >= 4 is 11.9 Å². The topological polar surface area (TPSA) is 43.4 Å². The minimum Gasteiger partial charge on any atom is -0.392 e. The van der Waals surface area contributed by atoms with E-state index in [0.29, 0.717) is 6.42 Å². The summed E-state index contributed by atoms with van der Waals surface area (Å²) >= 11 is 0. The third kappa shape index (κ3) is 5.48. The lowest BCUT2D eigenvalue weighted by atomic mass is 10.0. The Balaban J connectivity index is 1.88. The van der Waals surface area contributed by atoms with E-state index >= 15 is 0 Å². The van der Waals surface area contributed by atoms with Gasteiger partial charge < -0.3 is 4.74 Å². The minimum absolute atomic E-state index is 0.374. The number of hydrogen-bond donors (Lipinski definition) is 0. The van der Waals surface area contributed by atoms with Crippen molar-refractivity contribution in [2.45, 2.75) is 64.7 Å². The number of carbonyl (C=O) groups excluding carboxylic acids is 2. The number of esters is 2. The molecule has 18 heavy (non-hydrogen) atoms. The van der Waals surface area contributed by atoms with Gasteiger partial charge in [-0.3, -0.25) is 9.59 Å². The maximum absolute atomic E-state index is 10.9. The lowest BCUT2D eigenvalue weighted by Crippen LogP contribution is -2.40. The summed E-state index contributed by atoms with van der Waals surface area (Å²) in [6.07, 6.45) is 14.7. The Kier molecular flexibility index (Phi) is 7.38. The van der Waals surface area contributed by atoms with Gasteiger partial charge in [-0.25, -0.2) is 0 Å². The van der Waals surface area contributed by atoms with Crippen LogP contribution in [0.4, 0.5) is 0 Å². The Morgan fingerprint density at radius 3 is 2.17 bits per heavy atom. The molecule has 0 aromatic carbocycles. The summed E-state index contributed by atoms with van der Waals surface area (Å²) in [6, 6.07) is 0. The first-order valence-corrected chi connectivity index (χ1v) is 7.16. The summed E-state index contributed by atoms with van der Waals surface area (Å²) in [5.74, 6) is -1.27. The van der Waals surface area contributed by atoms with E-state index in [-0.39, 0.29) is 11.9 Å². The summed E-state index contributed by atoms with van der Waals surface area (Å²) in [5.41, 5.74) is 0. The van der Waals surface area contributed by atoms with Gasteiger partial charge >= 0.3 is 11.9 Å². The highest BCUT2D eigenvalue weighted by Gasteiger charge is 2.40. The number of rotatable bonds is 10. The van der Waals surface area contributed by atoms with Crippen molar-refractivity contribution in [3.8, 4) is 0 Å². The number of ether oxygens (including phenoxy) is 1. The molecule has 102 valence electrons. The highest BCUT2D eigenvalue weighted by atomic mass is 16.6. The molecule has 1 rings (SSSR count).